The SMILES string of the molecule is c1ccc(-c2cc(-c3ccccc3)nc(-c3cc4cc5ccccc5cn4n3)c2)cc1. The number of fused-ring (bicyclic) bond motifs is 2. The molecule has 0 atom stereocenters. The minimum atomic E-state index is 0.866. The number of nitrogens with zero attached hydrogens (tertiary/aromatic N) is 3. The van der Waals surface area contributed by atoms with Gasteiger partial charge >= 0.3 is 0 Å². The average Bonchev–Trinajstić information content (AvgIpc) is 3.26. The summed E-state index contributed by atoms with van der Waals surface area (Å²) in [7, 11) is 0. The lowest BCUT2D eigenvalue weighted by atomic mass is 10.0. The van der Waals surface area contributed by atoms with Crippen molar-refractivity contribution in [3.8, 4) is 33.8 Å². The minimum absolute atomic E-state index is 0.866. The Kier molecular flexibility index (Phi) is 4.10. The highest BCUT2D eigenvalue weighted by molar-refractivity contribution is 5.86. The summed E-state index contributed by atoms with van der Waals surface area (Å²) >= 11 is 0. The lowest BCUT2D eigenvalue weighted by Gasteiger charge is -2.08. The number of hydrogen-bond donors (Lipinski definition) is 0. The van der Waals surface area contributed by atoms with Crippen LogP contribution < -0.4 is 0 Å². The zero-order valence-electron chi connectivity index (χ0n) is 16.8. The van der Waals surface area contributed by atoms with Crippen LogP contribution in [0.2, 0.25) is 0 Å². The molecule has 3 aromatic heterocycles. The van der Waals surface area contributed by atoms with Crippen molar-refractivity contribution in [3.63, 3.8) is 0 Å². The standard InChI is InChI=1S/C28H19N3/c1-3-9-20(10-4-1)24-16-26(21-11-5-2-6-12-21)29-27(17-24)28-18-25-15-22-13-7-8-14-23(22)19-31(25)30-28/h1-19H. The molecule has 0 spiro atoms. The van der Waals surface area contributed by atoms with Crippen LogP contribution in [0, 0.1) is 0 Å². The lowest BCUT2D eigenvalue weighted by Crippen LogP contribution is -1.92. The highest BCUT2D eigenvalue weighted by Crippen LogP contribution is 2.30. The second-order valence-electron chi connectivity index (χ2n) is 7.66. The van der Waals surface area contributed by atoms with Crippen molar-refractivity contribution in [2.75, 3.05) is 0 Å². The molecule has 0 saturated heterocycles. The molecule has 3 heteroatoms. The lowest BCUT2D eigenvalue weighted by molar-refractivity contribution is 0.970. The van der Waals surface area contributed by atoms with Gasteiger partial charge in [0.15, 0.2) is 0 Å². The first kappa shape index (κ1) is 17.6. The molecule has 0 amide bonds. The molecule has 146 valence electrons. The molecule has 6 aromatic rings. The molecule has 0 fully saturated rings. The first-order chi connectivity index (χ1) is 15.3. The number of rotatable bonds is 3. The highest BCUT2D eigenvalue weighted by atomic mass is 15.2. The largest absolute Gasteiger partial charge is 0.246 e. The third kappa shape index (κ3) is 3.26. The van der Waals surface area contributed by atoms with Gasteiger partial charge in [0.05, 0.1) is 16.9 Å². The molecule has 0 aliphatic heterocycles. The van der Waals surface area contributed by atoms with Gasteiger partial charge in [-0.25, -0.2) is 9.50 Å². The molecular weight excluding hydrogens is 378 g/mol. The number of benzene rings is 3. The van der Waals surface area contributed by atoms with Gasteiger partial charge in [-0.2, -0.15) is 5.10 Å². The third-order valence-electron chi connectivity index (χ3n) is 5.59. The molecule has 0 N–H and O–H groups in total. The van der Waals surface area contributed by atoms with E-state index in [1.54, 1.807) is 0 Å². The molecule has 3 aromatic carbocycles. The van der Waals surface area contributed by atoms with Crippen molar-refractivity contribution in [2.45, 2.75) is 0 Å². The van der Waals surface area contributed by atoms with Crippen LogP contribution in [-0.2, 0) is 0 Å². The fourth-order valence-corrected chi connectivity index (χ4v) is 4.01. The summed E-state index contributed by atoms with van der Waals surface area (Å²) in [6.45, 7) is 0. The summed E-state index contributed by atoms with van der Waals surface area (Å²) in [5, 5.41) is 7.23. The topological polar surface area (TPSA) is 30.2 Å². The van der Waals surface area contributed by atoms with Crippen LogP contribution in [0.3, 0.4) is 0 Å². The van der Waals surface area contributed by atoms with E-state index in [2.05, 4.69) is 91.1 Å². The summed E-state index contributed by atoms with van der Waals surface area (Å²) in [5.41, 5.74) is 7.12. The molecule has 0 aliphatic carbocycles. The Morgan fingerprint density at radius 1 is 0.484 bits per heavy atom. The molecular formula is C28H19N3. The van der Waals surface area contributed by atoms with Gasteiger partial charge in [0.25, 0.3) is 0 Å². The van der Waals surface area contributed by atoms with E-state index in [4.69, 9.17) is 10.1 Å². The monoisotopic (exact) mass is 397 g/mol. The summed E-state index contributed by atoms with van der Waals surface area (Å²) < 4.78 is 1.94. The fraction of sp³-hybridized carbons (Fsp3) is 0. The molecule has 0 unspecified atom stereocenters. The number of pyridine rings is 2. The van der Waals surface area contributed by atoms with Gasteiger partial charge < -0.3 is 0 Å². The van der Waals surface area contributed by atoms with E-state index in [-0.39, 0.29) is 0 Å². The van der Waals surface area contributed by atoms with E-state index in [1.807, 2.05) is 28.8 Å². The molecule has 6 rings (SSSR count). The van der Waals surface area contributed by atoms with Crippen molar-refractivity contribution in [1.29, 1.82) is 0 Å². The second kappa shape index (κ2) is 7.22. The first-order valence-corrected chi connectivity index (χ1v) is 10.3. The van der Waals surface area contributed by atoms with Gasteiger partial charge in [-0.15, -0.1) is 0 Å². The Morgan fingerprint density at radius 3 is 1.90 bits per heavy atom. The van der Waals surface area contributed by atoms with Gasteiger partial charge in [0.1, 0.15) is 5.69 Å². The predicted octanol–water partition coefficient (Wildman–Crippen LogP) is 6.88. The maximum absolute atomic E-state index is 4.99. The zero-order chi connectivity index (χ0) is 20.6. The maximum Gasteiger partial charge on any atom is 0.112 e. The molecule has 31 heavy (non-hydrogen) atoms. The third-order valence-corrected chi connectivity index (χ3v) is 5.59. The molecule has 0 aliphatic rings. The Morgan fingerprint density at radius 2 is 1.13 bits per heavy atom. The van der Waals surface area contributed by atoms with Crippen molar-refractivity contribution in [1.82, 2.24) is 14.6 Å². The van der Waals surface area contributed by atoms with Crippen LogP contribution in [0.15, 0.2) is 115 Å². The van der Waals surface area contributed by atoms with E-state index in [9.17, 15) is 0 Å². The van der Waals surface area contributed by atoms with Crippen molar-refractivity contribution in [2.24, 2.45) is 0 Å². The Labute approximate surface area is 180 Å². The Balaban J connectivity index is 1.56. The van der Waals surface area contributed by atoms with Gasteiger partial charge in [0.2, 0.25) is 0 Å². The molecule has 3 nitrogen and oxygen atoms in total. The summed E-state index contributed by atoms with van der Waals surface area (Å²) in [5.74, 6) is 0. The van der Waals surface area contributed by atoms with E-state index in [0.29, 0.717) is 0 Å². The normalized spacial score (nSPS) is 11.2. The quantitative estimate of drug-likeness (QED) is 0.326. The smallest absolute Gasteiger partial charge is 0.112 e. The van der Waals surface area contributed by atoms with Crippen LogP contribution in [0.1, 0.15) is 0 Å². The van der Waals surface area contributed by atoms with Gasteiger partial charge in [0, 0.05) is 17.1 Å². The van der Waals surface area contributed by atoms with Crippen molar-refractivity contribution < 1.29 is 0 Å². The van der Waals surface area contributed by atoms with E-state index >= 15 is 0 Å². The van der Waals surface area contributed by atoms with Gasteiger partial charge in [-0.1, -0.05) is 84.9 Å². The van der Waals surface area contributed by atoms with Crippen LogP contribution in [0.5, 0.6) is 0 Å². The van der Waals surface area contributed by atoms with Crippen LogP contribution in [-0.4, -0.2) is 14.6 Å². The minimum Gasteiger partial charge on any atom is -0.246 e. The Hall–Kier alpha value is -4.24. The van der Waals surface area contributed by atoms with Crippen LogP contribution in [0.25, 0.3) is 50.1 Å². The van der Waals surface area contributed by atoms with Gasteiger partial charge in [-0.05, 0) is 40.8 Å². The summed E-state index contributed by atoms with van der Waals surface area (Å²) in [4.78, 5) is 4.99. The van der Waals surface area contributed by atoms with E-state index in [1.165, 1.54) is 10.8 Å². The number of aromatic nitrogens is 3. The second-order valence-corrected chi connectivity index (χ2v) is 7.66. The summed E-state index contributed by atoms with van der Waals surface area (Å²) in [6, 6.07) is 37.6. The van der Waals surface area contributed by atoms with Gasteiger partial charge in [-0.3, -0.25) is 0 Å². The maximum atomic E-state index is 4.99. The molecule has 0 radical (unpaired) electrons. The first-order valence-electron chi connectivity index (χ1n) is 10.3. The zero-order valence-corrected chi connectivity index (χ0v) is 16.8. The number of hydrogen-bond acceptors (Lipinski definition) is 2. The Bertz CT molecular complexity index is 1410. The van der Waals surface area contributed by atoms with Crippen LogP contribution >= 0.6 is 0 Å². The van der Waals surface area contributed by atoms with E-state index < -0.39 is 0 Å². The molecule has 3 heterocycles. The van der Waals surface area contributed by atoms with Crippen molar-refractivity contribution in [3.05, 3.63) is 115 Å². The molecule has 0 saturated carbocycles. The fourth-order valence-electron chi connectivity index (χ4n) is 4.01. The average molecular weight is 397 g/mol. The molecule has 0 bridgehead atoms. The summed E-state index contributed by atoms with van der Waals surface area (Å²) in [6.07, 6.45) is 2.08. The predicted molar refractivity (Wildman–Crippen MR) is 127 cm³/mol. The van der Waals surface area contributed by atoms with Crippen molar-refractivity contribution >= 4 is 16.3 Å². The van der Waals surface area contributed by atoms with Crippen LogP contribution in [0.4, 0.5) is 0 Å². The van der Waals surface area contributed by atoms with E-state index in [0.717, 1.165) is 39.3 Å². The highest BCUT2D eigenvalue weighted by Gasteiger charge is 2.12.